The van der Waals surface area contributed by atoms with Crippen molar-refractivity contribution in [1.82, 2.24) is 4.98 Å². The summed E-state index contributed by atoms with van der Waals surface area (Å²) >= 11 is 3.36. The number of hydrogen-bond donors (Lipinski definition) is 1. The molecule has 0 saturated heterocycles. The molecular formula is C11H13BrN2O2. The minimum atomic E-state index is -0.379. The lowest BCUT2D eigenvalue weighted by molar-refractivity contribution is -0.123. The van der Waals surface area contributed by atoms with Gasteiger partial charge in [-0.1, -0.05) is 15.9 Å². The molecule has 1 atom stereocenters. The summed E-state index contributed by atoms with van der Waals surface area (Å²) in [7, 11) is 0. The summed E-state index contributed by atoms with van der Waals surface area (Å²) in [6, 6.07) is 3.62. The molecule has 0 fully saturated rings. The van der Waals surface area contributed by atoms with Crippen molar-refractivity contribution in [1.29, 1.82) is 0 Å². The Kier molecular flexibility index (Phi) is 3.77. The molecule has 0 bridgehead atoms. The highest BCUT2D eigenvalue weighted by atomic mass is 79.9. The van der Waals surface area contributed by atoms with Gasteiger partial charge in [0.15, 0.2) is 17.7 Å². The number of carbonyl (C=O) groups is 1. The molecule has 1 aliphatic heterocycles. The van der Waals surface area contributed by atoms with Crippen LogP contribution < -0.4 is 10.1 Å². The number of ether oxygens (including phenoxy) is 1. The predicted octanol–water partition coefficient (Wildman–Crippen LogP) is 2.35. The van der Waals surface area contributed by atoms with Crippen LogP contribution in [-0.2, 0) is 4.79 Å². The maximum Gasteiger partial charge on any atom is 0.266 e. The second kappa shape index (κ2) is 5.30. The van der Waals surface area contributed by atoms with Crippen LogP contribution in [0.5, 0.6) is 5.75 Å². The number of amides is 1. The molecule has 0 aliphatic carbocycles. The van der Waals surface area contributed by atoms with Gasteiger partial charge in [-0.3, -0.25) is 4.79 Å². The number of alkyl halides is 1. The van der Waals surface area contributed by atoms with Crippen molar-refractivity contribution < 1.29 is 9.53 Å². The summed E-state index contributed by atoms with van der Waals surface area (Å²) in [5.41, 5.74) is 0. The van der Waals surface area contributed by atoms with E-state index < -0.39 is 0 Å². The lowest BCUT2D eigenvalue weighted by Crippen LogP contribution is -2.37. The smallest absolute Gasteiger partial charge is 0.266 e. The average Bonchev–Trinajstić information content (AvgIpc) is 2.30. The first-order valence-corrected chi connectivity index (χ1v) is 6.42. The lowest BCUT2D eigenvalue weighted by Gasteiger charge is -2.24. The Hall–Kier alpha value is -1.10. The second-order valence-corrected chi connectivity index (χ2v) is 4.42. The van der Waals surface area contributed by atoms with Gasteiger partial charge in [-0.2, -0.15) is 0 Å². The van der Waals surface area contributed by atoms with Crippen molar-refractivity contribution in [3.8, 4) is 5.75 Å². The number of pyridine rings is 1. The zero-order valence-corrected chi connectivity index (χ0v) is 10.4. The minimum absolute atomic E-state index is 0.0965. The number of aromatic nitrogens is 1. The Morgan fingerprint density at radius 1 is 1.50 bits per heavy atom. The Balaban J connectivity index is 2.01. The van der Waals surface area contributed by atoms with Crippen LogP contribution in [0.3, 0.4) is 0 Å². The second-order valence-electron chi connectivity index (χ2n) is 3.63. The fourth-order valence-electron chi connectivity index (χ4n) is 1.60. The van der Waals surface area contributed by atoms with Gasteiger partial charge in [-0.05, 0) is 31.4 Å². The molecule has 1 aromatic rings. The molecule has 2 rings (SSSR count). The quantitative estimate of drug-likeness (QED) is 0.682. The van der Waals surface area contributed by atoms with Crippen LogP contribution in [0, 0.1) is 0 Å². The van der Waals surface area contributed by atoms with Crippen molar-refractivity contribution in [2.24, 2.45) is 0 Å². The van der Waals surface area contributed by atoms with Crippen LogP contribution in [0.4, 0.5) is 5.82 Å². The first-order valence-electron chi connectivity index (χ1n) is 5.30. The predicted molar refractivity (Wildman–Crippen MR) is 64.9 cm³/mol. The number of halogens is 1. The topological polar surface area (TPSA) is 51.2 Å². The van der Waals surface area contributed by atoms with E-state index in [0.717, 1.165) is 24.6 Å². The van der Waals surface area contributed by atoms with Crippen LogP contribution in [0.1, 0.15) is 19.3 Å². The summed E-state index contributed by atoms with van der Waals surface area (Å²) in [5.74, 6) is 1.08. The van der Waals surface area contributed by atoms with Gasteiger partial charge >= 0.3 is 0 Å². The molecular weight excluding hydrogens is 272 g/mol. The molecule has 4 nitrogen and oxygen atoms in total. The summed E-state index contributed by atoms with van der Waals surface area (Å²) in [6.45, 7) is 0. The highest BCUT2D eigenvalue weighted by Crippen LogP contribution is 2.27. The van der Waals surface area contributed by atoms with Gasteiger partial charge in [0.25, 0.3) is 5.91 Å². The zero-order valence-electron chi connectivity index (χ0n) is 8.78. The van der Waals surface area contributed by atoms with Crippen molar-refractivity contribution in [3.63, 3.8) is 0 Å². The number of anilines is 1. The van der Waals surface area contributed by atoms with Gasteiger partial charge in [0.05, 0.1) is 0 Å². The van der Waals surface area contributed by atoms with E-state index in [1.165, 1.54) is 0 Å². The zero-order chi connectivity index (χ0) is 11.4. The molecule has 86 valence electrons. The van der Waals surface area contributed by atoms with E-state index >= 15 is 0 Å². The van der Waals surface area contributed by atoms with Crippen molar-refractivity contribution in [3.05, 3.63) is 18.3 Å². The van der Waals surface area contributed by atoms with Crippen molar-refractivity contribution >= 4 is 27.7 Å². The molecule has 1 aromatic heterocycles. The molecule has 0 saturated carbocycles. The van der Waals surface area contributed by atoms with Gasteiger partial charge in [0.2, 0.25) is 0 Å². The molecule has 1 aliphatic rings. The van der Waals surface area contributed by atoms with Gasteiger partial charge in [0, 0.05) is 11.5 Å². The number of rotatable bonds is 4. The standard InChI is InChI=1S/C11H13BrN2O2/c12-6-2-1-4-9-11(15)14-10-8(16-9)5-3-7-13-10/h3,5,7,9H,1-2,4,6H2,(H,13,14,15). The van der Waals surface area contributed by atoms with Crippen LogP contribution in [-0.4, -0.2) is 22.3 Å². The third-order valence-electron chi connectivity index (χ3n) is 2.42. The third-order valence-corrected chi connectivity index (χ3v) is 2.98. The Bertz CT molecular complexity index is 384. The summed E-state index contributed by atoms with van der Waals surface area (Å²) < 4.78 is 5.60. The van der Waals surface area contributed by atoms with Crippen molar-refractivity contribution in [2.45, 2.75) is 25.4 Å². The van der Waals surface area contributed by atoms with E-state index in [2.05, 4.69) is 26.2 Å². The largest absolute Gasteiger partial charge is 0.477 e. The number of nitrogens with one attached hydrogen (secondary N) is 1. The van der Waals surface area contributed by atoms with Gasteiger partial charge in [0.1, 0.15) is 0 Å². The lowest BCUT2D eigenvalue weighted by atomic mass is 10.1. The Morgan fingerprint density at radius 2 is 2.38 bits per heavy atom. The van der Waals surface area contributed by atoms with Gasteiger partial charge < -0.3 is 10.1 Å². The molecule has 1 N–H and O–H groups in total. The molecule has 5 heteroatoms. The highest BCUT2D eigenvalue weighted by molar-refractivity contribution is 9.09. The molecule has 1 amide bonds. The fraction of sp³-hybridized carbons (Fsp3) is 0.455. The van der Waals surface area contributed by atoms with E-state index in [1.807, 2.05) is 6.07 Å². The van der Waals surface area contributed by atoms with E-state index in [1.54, 1.807) is 12.3 Å². The maximum absolute atomic E-state index is 11.7. The summed E-state index contributed by atoms with van der Waals surface area (Å²) in [5, 5.41) is 3.71. The van der Waals surface area contributed by atoms with Crippen LogP contribution in [0.15, 0.2) is 18.3 Å². The highest BCUT2D eigenvalue weighted by Gasteiger charge is 2.27. The normalized spacial score (nSPS) is 18.6. The third kappa shape index (κ3) is 2.52. The first kappa shape index (κ1) is 11.4. The number of nitrogens with zero attached hydrogens (tertiary/aromatic N) is 1. The minimum Gasteiger partial charge on any atom is -0.477 e. The Morgan fingerprint density at radius 3 is 3.19 bits per heavy atom. The van der Waals surface area contributed by atoms with Crippen LogP contribution >= 0.6 is 15.9 Å². The van der Waals surface area contributed by atoms with Crippen LogP contribution in [0.2, 0.25) is 0 Å². The number of fused-ring (bicyclic) bond motifs is 1. The van der Waals surface area contributed by atoms with E-state index in [9.17, 15) is 4.79 Å². The summed E-state index contributed by atoms with van der Waals surface area (Å²) in [4.78, 5) is 15.7. The monoisotopic (exact) mass is 284 g/mol. The van der Waals surface area contributed by atoms with Gasteiger partial charge in [-0.25, -0.2) is 4.98 Å². The van der Waals surface area contributed by atoms with E-state index in [-0.39, 0.29) is 12.0 Å². The molecule has 0 spiro atoms. The fourth-order valence-corrected chi connectivity index (χ4v) is 1.99. The Labute approximate surface area is 103 Å². The molecule has 0 aromatic carbocycles. The SMILES string of the molecule is O=C1Nc2ncccc2OC1CCCCBr. The molecule has 1 unspecified atom stereocenters. The maximum atomic E-state index is 11.7. The first-order chi connectivity index (χ1) is 7.81. The average molecular weight is 285 g/mol. The van der Waals surface area contributed by atoms with Gasteiger partial charge in [-0.15, -0.1) is 0 Å². The number of unbranched alkanes of at least 4 members (excludes halogenated alkanes) is 1. The molecule has 0 radical (unpaired) electrons. The van der Waals surface area contributed by atoms with E-state index in [4.69, 9.17) is 4.74 Å². The number of carbonyl (C=O) groups excluding carboxylic acids is 1. The summed E-state index contributed by atoms with van der Waals surface area (Å²) in [6.07, 6.45) is 4.02. The number of hydrogen-bond acceptors (Lipinski definition) is 3. The molecule has 16 heavy (non-hydrogen) atoms. The van der Waals surface area contributed by atoms with Crippen molar-refractivity contribution in [2.75, 3.05) is 10.6 Å². The van der Waals surface area contributed by atoms with E-state index in [0.29, 0.717) is 11.6 Å². The molecule has 2 heterocycles. The van der Waals surface area contributed by atoms with Crippen LogP contribution in [0.25, 0.3) is 0 Å².